The molecule has 6 nitrogen and oxygen atoms in total. The number of ether oxygens (including phenoxy) is 2. The number of aromatic nitrogens is 2. The molecule has 112 valence electrons. The summed E-state index contributed by atoms with van der Waals surface area (Å²) in [6.45, 7) is 8.49. The summed E-state index contributed by atoms with van der Waals surface area (Å²) in [6, 6.07) is 0. The molecule has 0 aliphatic carbocycles. The first-order chi connectivity index (χ1) is 9.54. The lowest BCUT2D eigenvalue weighted by atomic mass is 10.0. The number of hydrogen-bond donors (Lipinski definition) is 1. The van der Waals surface area contributed by atoms with Gasteiger partial charge in [-0.3, -0.25) is 0 Å². The van der Waals surface area contributed by atoms with Crippen molar-refractivity contribution in [3.05, 3.63) is 16.8 Å². The topological polar surface area (TPSA) is 81.5 Å². The summed E-state index contributed by atoms with van der Waals surface area (Å²) in [5.74, 6) is -0.969. The molecular formula is C14H22N2O4. The number of carboxylic acids is 1. The number of aryl methyl sites for hydroxylation is 1. The first-order valence-corrected chi connectivity index (χ1v) is 6.91. The molecule has 20 heavy (non-hydrogen) atoms. The van der Waals surface area contributed by atoms with Crippen LogP contribution in [-0.2, 0) is 17.6 Å². The van der Waals surface area contributed by atoms with Gasteiger partial charge in [0, 0.05) is 6.61 Å². The van der Waals surface area contributed by atoms with E-state index in [-0.39, 0.29) is 17.5 Å². The van der Waals surface area contributed by atoms with Gasteiger partial charge >= 0.3 is 5.97 Å². The molecule has 1 aromatic rings. The SMILES string of the molecule is CCOCC(C)Oc1nnc(CC)c(CC)c1C(=O)O. The van der Waals surface area contributed by atoms with Crippen LogP contribution < -0.4 is 4.74 Å². The van der Waals surface area contributed by atoms with Crippen molar-refractivity contribution in [1.29, 1.82) is 0 Å². The molecule has 0 aliphatic rings. The van der Waals surface area contributed by atoms with Crippen molar-refractivity contribution in [2.75, 3.05) is 13.2 Å². The molecule has 0 amide bonds. The van der Waals surface area contributed by atoms with Crippen LogP contribution >= 0.6 is 0 Å². The fourth-order valence-corrected chi connectivity index (χ4v) is 1.97. The van der Waals surface area contributed by atoms with Gasteiger partial charge < -0.3 is 14.6 Å². The summed E-state index contributed by atoms with van der Waals surface area (Å²) >= 11 is 0. The molecule has 1 aromatic heterocycles. The summed E-state index contributed by atoms with van der Waals surface area (Å²) in [6.07, 6.45) is 0.946. The van der Waals surface area contributed by atoms with Crippen LogP contribution in [0.2, 0.25) is 0 Å². The minimum absolute atomic E-state index is 0.0683. The van der Waals surface area contributed by atoms with Crippen molar-refractivity contribution in [1.82, 2.24) is 10.2 Å². The fraction of sp³-hybridized carbons (Fsp3) is 0.643. The number of hydrogen-bond acceptors (Lipinski definition) is 5. The zero-order chi connectivity index (χ0) is 15.1. The Balaban J connectivity index is 3.09. The minimum atomic E-state index is -1.04. The van der Waals surface area contributed by atoms with Crippen LogP contribution in [0.25, 0.3) is 0 Å². The van der Waals surface area contributed by atoms with Gasteiger partial charge in [0.25, 0.3) is 0 Å². The number of carboxylic acid groups (broad SMARTS) is 1. The van der Waals surface area contributed by atoms with E-state index in [1.807, 2.05) is 27.7 Å². The summed E-state index contributed by atoms with van der Waals surface area (Å²) in [4.78, 5) is 11.5. The van der Waals surface area contributed by atoms with Gasteiger partial charge in [-0.1, -0.05) is 13.8 Å². The van der Waals surface area contributed by atoms with Gasteiger partial charge in [-0.15, -0.1) is 5.10 Å². The van der Waals surface area contributed by atoms with Gasteiger partial charge in [0.05, 0.1) is 12.3 Å². The van der Waals surface area contributed by atoms with E-state index in [4.69, 9.17) is 9.47 Å². The Morgan fingerprint density at radius 1 is 1.25 bits per heavy atom. The second kappa shape index (κ2) is 7.79. The summed E-state index contributed by atoms with van der Waals surface area (Å²) in [5.41, 5.74) is 1.51. The normalized spacial score (nSPS) is 12.2. The standard InChI is InChI=1S/C14H22N2O4/c1-5-10-11(6-2)15-16-13(12(10)14(17)18)20-9(4)8-19-7-3/h9H,5-8H2,1-4H3,(H,17,18). The Bertz CT molecular complexity index is 463. The number of rotatable bonds is 8. The molecule has 0 aliphatic heterocycles. The second-order valence-electron chi connectivity index (χ2n) is 4.41. The van der Waals surface area contributed by atoms with Crippen LogP contribution in [0, 0.1) is 0 Å². The lowest BCUT2D eigenvalue weighted by molar-refractivity contribution is 0.0580. The van der Waals surface area contributed by atoms with Crippen molar-refractivity contribution in [3.63, 3.8) is 0 Å². The molecule has 0 aromatic carbocycles. The Kier molecular flexibility index (Phi) is 6.38. The maximum atomic E-state index is 11.5. The molecule has 1 unspecified atom stereocenters. The lowest BCUT2D eigenvalue weighted by Gasteiger charge is -2.17. The Morgan fingerprint density at radius 2 is 1.95 bits per heavy atom. The number of carbonyl (C=O) groups is 1. The third-order valence-corrected chi connectivity index (χ3v) is 2.90. The smallest absolute Gasteiger partial charge is 0.341 e. The molecule has 0 fully saturated rings. The van der Waals surface area contributed by atoms with Crippen LogP contribution in [0.15, 0.2) is 0 Å². The zero-order valence-corrected chi connectivity index (χ0v) is 12.5. The van der Waals surface area contributed by atoms with Gasteiger partial charge in [-0.05, 0) is 32.3 Å². The average molecular weight is 282 g/mol. The first kappa shape index (κ1) is 16.4. The first-order valence-electron chi connectivity index (χ1n) is 6.91. The van der Waals surface area contributed by atoms with E-state index in [1.165, 1.54) is 0 Å². The molecule has 1 atom stereocenters. The van der Waals surface area contributed by atoms with Crippen LogP contribution in [0.5, 0.6) is 5.88 Å². The third kappa shape index (κ3) is 3.90. The van der Waals surface area contributed by atoms with E-state index >= 15 is 0 Å². The average Bonchev–Trinajstić information content (AvgIpc) is 2.43. The van der Waals surface area contributed by atoms with E-state index < -0.39 is 5.97 Å². The Labute approximate surface area is 119 Å². The van der Waals surface area contributed by atoms with E-state index in [0.29, 0.717) is 37.3 Å². The van der Waals surface area contributed by atoms with Crippen LogP contribution in [0.3, 0.4) is 0 Å². The number of aromatic carboxylic acids is 1. The third-order valence-electron chi connectivity index (χ3n) is 2.90. The summed E-state index contributed by atoms with van der Waals surface area (Å²) in [7, 11) is 0. The summed E-state index contributed by atoms with van der Waals surface area (Å²) in [5, 5.41) is 17.4. The van der Waals surface area contributed by atoms with Crippen molar-refractivity contribution >= 4 is 5.97 Å². The molecule has 0 bridgehead atoms. The fourth-order valence-electron chi connectivity index (χ4n) is 1.97. The maximum absolute atomic E-state index is 11.5. The molecular weight excluding hydrogens is 260 g/mol. The molecule has 0 radical (unpaired) electrons. The van der Waals surface area contributed by atoms with E-state index in [1.54, 1.807) is 0 Å². The van der Waals surface area contributed by atoms with Crippen molar-refractivity contribution in [2.24, 2.45) is 0 Å². The molecule has 1 N–H and O–H groups in total. The molecule has 1 rings (SSSR count). The van der Waals surface area contributed by atoms with Gasteiger partial charge in [0.15, 0.2) is 0 Å². The second-order valence-corrected chi connectivity index (χ2v) is 4.41. The highest BCUT2D eigenvalue weighted by Gasteiger charge is 2.22. The van der Waals surface area contributed by atoms with Gasteiger partial charge in [0.1, 0.15) is 11.7 Å². The van der Waals surface area contributed by atoms with E-state index in [9.17, 15) is 9.90 Å². The molecule has 0 saturated carbocycles. The maximum Gasteiger partial charge on any atom is 0.341 e. The lowest BCUT2D eigenvalue weighted by Crippen LogP contribution is -2.22. The molecule has 6 heteroatoms. The van der Waals surface area contributed by atoms with Gasteiger partial charge in [-0.2, -0.15) is 5.10 Å². The van der Waals surface area contributed by atoms with Crippen molar-refractivity contribution in [2.45, 2.75) is 46.6 Å². The Hall–Kier alpha value is -1.69. The van der Waals surface area contributed by atoms with Gasteiger partial charge in [-0.25, -0.2) is 4.79 Å². The zero-order valence-electron chi connectivity index (χ0n) is 12.5. The largest absolute Gasteiger partial charge is 0.477 e. The van der Waals surface area contributed by atoms with E-state index in [2.05, 4.69) is 10.2 Å². The van der Waals surface area contributed by atoms with Crippen LogP contribution in [0.1, 0.15) is 49.3 Å². The predicted octanol–water partition coefficient (Wildman–Crippen LogP) is 2.10. The highest BCUT2D eigenvalue weighted by atomic mass is 16.5. The summed E-state index contributed by atoms with van der Waals surface area (Å²) < 4.78 is 10.8. The highest BCUT2D eigenvalue weighted by Crippen LogP contribution is 2.23. The van der Waals surface area contributed by atoms with E-state index in [0.717, 1.165) is 0 Å². The highest BCUT2D eigenvalue weighted by molar-refractivity contribution is 5.92. The van der Waals surface area contributed by atoms with Crippen molar-refractivity contribution < 1.29 is 19.4 Å². The molecule has 1 heterocycles. The quantitative estimate of drug-likeness (QED) is 0.786. The van der Waals surface area contributed by atoms with Crippen molar-refractivity contribution in [3.8, 4) is 5.88 Å². The molecule has 0 saturated heterocycles. The minimum Gasteiger partial charge on any atom is -0.477 e. The molecule has 0 spiro atoms. The van der Waals surface area contributed by atoms with Gasteiger partial charge in [0.2, 0.25) is 5.88 Å². The predicted molar refractivity (Wildman–Crippen MR) is 74.3 cm³/mol. The van der Waals surface area contributed by atoms with Crippen LogP contribution in [-0.4, -0.2) is 40.6 Å². The van der Waals surface area contributed by atoms with Crippen LogP contribution in [0.4, 0.5) is 0 Å². The Morgan fingerprint density at radius 3 is 2.45 bits per heavy atom. The monoisotopic (exact) mass is 282 g/mol. The number of nitrogens with zero attached hydrogens (tertiary/aromatic N) is 2.